The van der Waals surface area contributed by atoms with Crippen LogP contribution < -0.4 is 0 Å². The minimum absolute atomic E-state index is 0.0483. The molecule has 0 amide bonds. The number of amidine groups is 1. The number of aliphatic imine (C=N–C) groups is 1. The maximum Gasteiger partial charge on any atom is 0.0963 e. The summed E-state index contributed by atoms with van der Waals surface area (Å²) in [6.45, 7) is 14.9. The maximum absolute atomic E-state index is 4.59. The summed E-state index contributed by atoms with van der Waals surface area (Å²) in [5.41, 5.74) is 0.0483. The zero-order valence-corrected chi connectivity index (χ0v) is 9.31. The van der Waals surface area contributed by atoms with Gasteiger partial charge in [-0.25, -0.2) is 0 Å². The Bertz CT molecular complexity index is 150. The summed E-state index contributed by atoms with van der Waals surface area (Å²) in [4.78, 5) is 6.86. The molecular weight excluding hydrogens is 148 g/mol. The molecule has 0 aliphatic heterocycles. The topological polar surface area (TPSA) is 15.6 Å². The van der Waals surface area contributed by atoms with Crippen molar-refractivity contribution < 1.29 is 0 Å². The lowest BCUT2D eigenvalue weighted by Crippen LogP contribution is -2.30. The number of hydrogen-bond acceptors (Lipinski definition) is 1. The highest BCUT2D eigenvalue weighted by atomic mass is 15.2. The Balaban J connectivity index is 4.34. The molecule has 0 spiro atoms. The Labute approximate surface area is 76.7 Å². The number of rotatable bonds is 2. The van der Waals surface area contributed by atoms with Crippen LogP contribution in [0.2, 0.25) is 0 Å². The standard InChI is InChI=1S/C10H22N2/c1-7-12(8-2)9(3)11-10(4,5)6/h7-8H2,1-6H3/b11-9+. The summed E-state index contributed by atoms with van der Waals surface area (Å²) in [7, 11) is 0. The molecule has 0 aromatic carbocycles. The van der Waals surface area contributed by atoms with Crippen molar-refractivity contribution >= 4 is 5.84 Å². The Morgan fingerprint density at radius 3 is 1.83 bits per heavy atom. The van der Waals surface area contributed by atoms with Crippen molar-refractivity contribution in [3.8, 4) is 0 Å². The average Bonchev–Trinajstić information content (AvgIpc) is 1.85. The second kappa shape index (κ2) is 4.48. The molecule has 0 saturated heterocycles. The van der Waals surface area contributed by atoms with E-state index in [-0.39, 0.29) is 5.54 Å². The second-order valence-corrected chi connectivity index (χ2v) is 4.00. The third-order valence-electron chi connectivity index (χ3n) is 1.72. The van der Waals surface area contributed by atoms with Crippen molar-refractivity contribution in [3.05, 3.63) is 0 Å². The molecule has 0 aromatic rings. The molecule has 0 radical (unpaired) electrons. The highest BCUT2D eigenvalue weighted by molar-refractivity contribution is 5.80. The maximum atomic E-state index is 4.59. The predicted octanol–water partition coefficient (Wildman–Crippen LogP) is 2.55. The van der Waals surface area contributed by atoms with Gasteiger partial charge < -0.3 is 4.90 Å². The molecule has 72 valence electrons. The van der Waals surface area contributed by atoms with Crippen molar-refractivity contribution in [2.24, 2.45) is 4.99 Å². The molecule has 12 heavy (non-hydrogen) atoms. The predicted molar refractivity (Wildman–Crippen MR) is 55.8 cm³/mol. The van der Waals surface area contributed by atoms with Gasteiger partial charge in [-0.1, -0.05) is 0 Å². The Morgan fingerprint density at radius 1 is 1.17 bits per heavy atom. The molecule has 2 nitrogen and oxygen atoms in total. The second-order valence-electron chi connectivity index (χ2n) is 4.00. The van der Waals surface area contributed by atoms with Gasteiger partial charge in [-0.05, 0) is 41.5 Å². The summed E-state index contributed by atoms with van der Waals surface area (Å²) in [6.07, 6.45) is 0. The number of nitrogens with zero attached hydrogens (tertiary/aromatic N) is 2. The van der Waals surface area contributed by atoms with E-state index in [1.54, 1.807) is 0 Å². The quantitative estimate of drug-likeness (QED) is 0.459. The van der Waals surface area contributed by atoms with Gasteiger partial charge in [0, 0.05) is 13.1 Å². The van der Waals surface area contributed by atoms with Crippen LogP contribution >= 0.6 is 0 Å². The molecule has 0 atom stereocenters. The van der Waals surface area contributed by atoms with E-state index in [1.807, 2.05) is 0 Å². The lowest BCUT2D eigenvalue weighted by molar-refractivity contribution is 0.449. The van der Waals surface area contributed by atoms with Gasteiger partial charge in [0.1, 0.15) is 0 Å². The van der Waals surface area contributed by atoms with Crippen molar-refractivity contribution in [2.75, 3.05) is 13.1 Å². The molecule has 0 saturated carbocycles. The van der Waals surface area contributed by atoms with Crippen molar-refractivity contribution in [3.63, 3.8) is 0 Å². The highest BCUT2D eigenvalue weighted by Crippen LogP contribution is 2.07. The van der Waals surface area contributed by atoms with E-state index >= 15 is 0 Å². The third kappa shape index (κ3) is 4.37. The van der Waals surface area contributed by atoms with E-state index in [2.05, 4.69) is 51.4 Å². The Hall–Kier alpha value is -0.530. The van der Waals surface area contributed by atoms with E-state index < -0.39 is 0 Å². The molecular formula is C10H22N2. The van der Waals surface area contributed by atoms with E-state index in [1.165, 1.54) is 0 Å². The first-order chi connectivity index (χ1) is 5.40. The Morgan fingerprint density at radius 2 is 1.58 bits per heavy atom. The average molecular weight is 170 g/mol. The monoisotopic (exact) mass is 170 g/mol. The van der Waals surface area contributed by atoms with Crippen molar-refractivity contribution in [1.82, 2.24) is 4.90 Å². The van der Waals surface area contributed by atoms with Crippen LogP contribution in [-0.4, -0.2) is 29.4 Å². The van der Waals surface area contributed by atoms with E-state index in [4.69, 9.17) is 0 Å². The fraction of sp³-hybridized carbons (Fsp3) is 0.900. The van der Waals surface area contributed by atoms with Crippen LogP contribution in [0.5, 0.6) is 0 Å². The van der Waals surface area contributed by atoms with Gasteiger partial charge in [0.05, 0.1) is 11.4 Å². The van der Waals surface area contributed by atoms with Crippen LogP contribution in [0.15, 0.2) is 4.99 Å². The summed E-state index contributed by atoms with van der Waals surface area (Å²) in [6, 6.07) is 0. The lowest BCUT2D eigenvalue weighted by Gasteiger charge is -2.23. The summed E-state index contributed by atoms with van der Waals surface area (Å²) < 4.78 is 0. The smallest absolute Gasteiger partial charge is 0.0963 e. The van der Waals surface area contributed by atoms with Crippen LogP contribution in [0, 0.1) is 0 Å². The zero-order valence-electron chi connectivity index (χ0n) is 9.31. The van der Waals surface area contributed by atoms with Gasteiger partial charge in [0.15, 0.2) is 0 Å². The fourth-order valence-electron chi connectivity index (χ4n) is 1.24. The minimum Gasteiger partial charge on any atom is -0.361 e. The van der Waals surface area contributed by atoms with Gasteiger partial charge in [-0.15, -0.1) is 0 Å². The summed E-state index contributed by atoms with van der Waals surface area (Å²) in [5.74, 6) is 1.15. The van der Waals surface area contributed by atoms with Gasteiger partial charge >= 0.3 is 0 Å². The third-order valence-corrected chi connectivity index (χ3v) is 1.72. The Kier molecular flexibility index (Phi) is 4.29. The molecule has 0 heterocycles. The molecule has 0 unspecified atom stereocenters. The van der Waals surface area contributed by atoms with Crippen molar-refractivity contribution in [2.45, 2.75) is 47.1 Å². The van der Waals surface area contributed by atoms with Crippen molar-refractivity contribution in [1.29, 1.82) is 0 Å². The van der Waals surface area contributed by atoms with E-state index in [0.717, 1.165) is 18.9 Å². The zero-order chi connectivity index (χ0) is 9.78. The van der Waals surface area contributed by atoms with Gasteiger partial charge in [0.25, 0.3) is 0 Å². The minimum atomic E-state index is 0.0483. The van der Waals surface area contributed by atoms with Crippen LogP contribution in [0.4, 0.5) is 0 Å². The normalized spacial score (nSPS) is 13.3. The SMILES string of the molecule is CCN(CC)/C(C)=N/C(C)(C)C. The van der Waals surface area contributed by atoms with E-state index in [9.17, 15) is 0 Å². The molecule has 0 rings (SSSR count). The van der Waals surface area contributed by atoms with Crippen LogP contribution in [0.3, 0.4) is 0 Å². The van der Waals surface area contributed by atoms with Crippen LogP contribution in [-0.2, 0) is 0 Å². The first-order valence-corrected chi connectivity index (χ1v) is 4.72. The van der Waals surface area contributed by atoms with Crippen LogP contribution in [0.1, 0.15) is 41.5 Å². The molecule has 0 fully saturated rings. The molecule has 0 aliphatic rings. The first-order valence-electron chi connectivity index (χ1n) is 4.72. The number of hydrogen-bond donors (Lipinski definition) is 0. The first kappa shape index (κ1) is 11.5. The summed E-state index contributed by atoms with van der Waals surface area (Å²) >= 11 is 0. The van der Waals surface area contributed by atoms with Gasteiger partial charge in [-0.3, -0.25) is 4.99 Å². The highest BCUT2D eigenvalue weighted by Gasteiger charge is 2.09. The summed E-state index contributed by atoms with van der Waals surface area (Å²) in [5, 5.41) is 0. The largest absolute Gasteiger partial charge is 0.361 e. The van der Waals surface area contributed by atoms with Gasteiger partial charge in [-0.2, -0.15) is 0 Å². The molecule has 0 bridgehead atoms. The molecule has 0 aliphatic carbocycles. The molecule has 2 heteroatoms. The lowest BCUT2D eigenvalue weighted by atomic mass is 10.1. The van der Waals surface area contributed by atoms with E-state index in [0.29, 0.717) is 0 Å². The van der Waals surface area contributed by atoms with Gasteiger partial charge in [0.2, 0.25) is 0 Å². The molecule has 0 aromatic heterocycles. The van der Waals surface area contributed by atoms with Crippen LogP contribution in [0.25, 0.3) is 0 Å². The fourth-order valence-corrected chi connectivity index (χ4v) is 1.24. The molecule has 0 N–H and O–H groups in total.